The van der Waals surface area contributed by atoms with Gasteiger partial charge in [-0.25, -0.2) is 9.37 Å². The van der Waals surface area contributed by atoms with Gasteiger partial charge in [-0.2, -0.15) is 0 Å². The van der Waals surface area contributed by atoms with Gasteiger partial charge in [0.1, 0.15) is 16.9 Å². The molecule has 0 radical (unpaired) electrons. The molecule has 3 aliphatic rings. The molecule has 0 amide bonds. The van der Waals surface area contributed by atoms with Crippen LogP contribution in [0.3, 0.4) is 0 Å². The minimum absolute atomic E-state index is 0.147. The third-order valence-corrected chi connectivity index (χ3v) is 10.2. The average molecular weight is 548 g/mol. The molecule has 2 aromatic carbocycles. The summed E-state index contributed by atoms with van der Waals surface area (Å²) in [6.45, 7) is 4.40. The zero-order valence-electron chi connectivity index (χ0n) is 22.4. The van der Waals surface area contributed by atoms with Gasteiger partial charge in [0.15, 0.2) is 0 Å². The average Bonchev–Trinajstić information content (AvgIpc) is 3.57. The van der Waals surface area contributed by atoms with Gasteiger partial charge in [0.25, 0.3) is 0 Å². The second-order valence-corrected chi connectivity index (χ2v) is 12.6. The molecule has 6 rings (SSSR count). The Labute approximate surface area is 234 Å². The van der Waals surface area contributed by atoms with E-state index in [1.807, 2.05) is 12.1 Å². The Kier molecular flexibility index (Phi) is 8.09. The normalized spacial score (nSPS) is 24.0. The monoisotopic (exact) mass is 547 g/mol. The van der Waals surface area contributed by atoms with Gasteiger partial charge in [0.2, 0.25) is 0 Å². The molecule has 2 aliphatic heterocycles. The Balaban J connectivity index is 1.12. The van der Waals surface area contributed by atoms with E-state index in [0.29, 0.717) is 18.4 Å². The summed E-state index contributed by atoms with van der Waals surface area (Å²) in [6.07, 6.45) is 6.42. The molecule has 1 N–H and O–H groups in total. The van der Waals surface area contributed by atoms with Crippen LogP contribution in [-0.2, 0) is 4.79 Å². The van der Waals surface area contributed by atoms with Crippen molar-refractivity contribution in [3.8, 4) is 10.6 Å². The lowest BCUT2D eigenvalue weighted by Crippen LogP contribution is -2.43. The molecule has 7 heteroatoms. The molecule has 1 saturated carbocycles. The van der Waals surface area contributed by atoms with Crippen LogP contribution in [0.2, 0.25) is 0 Å². The smallest absolute Gasteiger partial charge is 0.320 e. The predicted molar refractivity (Wildman–Crippen MR) is 154 cm³/mol. The number of piperidine rings is 1. The number of nitrogens with zero attached hydrogens (tertiary/aromatic N) is 3. The van der Waals surface area contributed by atoms with E-state index in [0.717, 1.165) is 68.9 Å². The summed E-state index contributed by atoms with van der Waals surface area (Å²) in [5.41, 5.74) is 3.39. The second kappa shape index (κ2) is 11.9. The van der Waals surface area contributed by atoms with Crippen LogP contribution in [0.15, 0.2) is 60.0 Å². The van der Waals surface area contributed by atoms with E-state index in [1.165, 1.54) is 23.7 Å². The van der Waals surface area contributed by atoms with E-state index < -0.39 is 12.0 Å². The van der Waals surface area contributed by atoms with E-state index in [4.69, 9.17) is 4.98 Å². The summed E-state index contributed by atoms with van der Waals surface area (Å²) in [5, 5.41) is 13.4. The number of aromatic nitrogens is 1. The first-order chi connectivity index (χ1) is 19.0. The standard InChI is InChI=1S/C32H38FN3O2S/c33-27-11-5-10-25(17-27)28-20-36(30(32(37)38)16-22-6-4-7-22)19-26(28)18-35-14-12-23(13-15-35)29-21-39-31(34-29)24-8-2-1-3-9-24/h1-3,5,8-11,17,21-23,26,28,30H,4,6-7,12-16,18-20H2,(H,37,38)/t26-,28?,30+/m0/s1. The van der Waals surface area contributed by atoms with Gasteiger partial charge in [-0.05, 0) is 61.9 Å². The van der Waals surface area contributed by atoms with Crippen molar-refractivity contribution in [1.29, 1.82) is 0 Å². The number of aliphatic carboxylic acids is 1. The highest BCUT2D eigenvalue weighted by Gasteiger charge is 2.41. The van der Waals surface area contributed by atoms with Gasteiger partial charge >= 0.3 is 5.97 Å². The quantitative estimate of drug-likeness (QED) is 0.332. The molecule has 39 heavy (non-hydrogen) atoms. The number of hydrogen-bond acceptors (Lipinski definition) is 5. The van der Waals surface area contributed by atoms with E-state index in [2.05, 4.69) is 39.4 Å². The van der Waals surface area contributed by atoms with Gasteiger partial charge in [-0.1, -0.05) is 61.7 Å². The maximum atomic E-state index is 14.2. The number of carboxylic acids is 1. The van der Waals surface area contributed by atoms with E-state index in [1.54, 1.807) is 23.5 Å². The van der Waals surface area contributed by atoms with Crippen molar-refractivity contribution >= 4 is 17.3 Å². The number of thiazole rings is 1. The van der Waals surface area contributed by atoms with Crippen LogP contribution < -0.4 is 0 Å². The Morgan fingerprint density at radius 3 is 2.54 bits per heavy atom. The van der Waals surface area contributed by atoms with E-state index in [9.17, 15) is 14.3 Å². The summed E-state index contributed by atoms with van der Waals surface area (Å²) in [6, 6.07) is 16.9. The molecule has 0 bridgehead atoms. The summed E-state index contributed by atoms with van der Waals surface area (Å²) in [7, 11) is 0. The van der Waals surface area contributed by atoms with Crippen LogP contribution in [0.5, 0.6) is 0 Å². The maximum absolute atomic E-state index is 14.2. The fourth-order valence-corrected chi connectivity index (χ4v) is 7.75. The fourth-order valence-electron chi connectivity index (χ4n) is 6.84. The van der Waals surface area contributed by atoms with E-state index in [-0.39, 0.29) is 17.7 Å². The molecule has 0 spiro atoms. The highest BCUT2D eigenvalue weighted by molar-refractivity contribution is 7.13. The van der Waals surface area contributed by atoms with Gasteiger partial charge in [-0.15, -0.1) is 11.3 Å². The molecular weight excluding hydrogens is 509 g/mol. The lowest BCUT2D eigenvalue weighted by Gasteiger charge is -2.34. The van der Waals surface area contributed by atoms with Gasteiger partial charge in [-0.3, -0.25) is 9.69 Å². The van der Waals surface area contributed by atoms with Crippen molar-refractivity contribution in [2.75, 3.05) is 32.7 Å². The predicted octanol–water partition coefficient (Wildman–Crippen LogP) is 6.49. The highest BCUT2D eigenvalue weighted by atomic mass is 32.1. The lowest BCUT2D eigenvalue weighted by atomic mass is 9.80. The van der Waals surface area contributed by atoms with Crippen molar-refractivity contribution < 1.29 is 14.3 Å². The highest BCUT2D eigenvalue weighted by Crippen LogP contribution is 2.39. The second-order valence-electron chi connectivity index (χ2n) is 11.8. The van der Waals surface area contributed by atoms with Crippen molar-refractivity contribution in [1.82, 2.24) is 14.8 Å². The van der Waals surface area contributed by atoms with Crippen LogP contribution in [0.25, 0.3) is 10.6 Å². The maximum Gasteiger partial charge on any atom is 0.320 e. The van der Waals surface area contributed by atoms with Gasteiger partial charge in [0, 0.05) is 42.4 Å². The first-order valence-corrected chi connectivity index (χ1v) is 15.4. The molecule has 1 unspecified atom stereocenters. The third kappa shape index (κ3) is 6.11. The zero-order valence-corrected chi connectivity index (χ0v) is 23.2. The molecular formula is C32H38FN3O2S. The Bertz CT molecular complexity index is 1260. The summed E-state index contributed by atoms with van der Waals surface area (Å²) < 4.78 is 14.2. The van der Waals surface area contributed by atoms with Crippen LogP contribution in [0.1, 0.15) is 61.6 Å². The number of rotatable bonds is 9. The molecule has 206 valence electrons. The topological polar surface area (TPSA) is 56.7 Å². The van der Waals surface area contributed by atoms with Crippen molar-refractivity contribution in [3.05, 3.63) is 77.1 Å². The molecule has 1 aliphatic carbocycles. The molecule has 3 fully saturated rings. The first kappa shape index (κ1) is 26.6. The Morgan fingerprint density at radius 2 is 1.85 bits per heavy atom. The van der Waals surface area contributed by atoms with Crippen molar-refractivity contribution in [3.63, 3.8) is 0 Å². The molecule has 3 heterocycles. The van der Waals surface area contributed by atoms with Crippen LogP contribution in [0, 0.1) is 17.7 Å². The SMILES string of the molecule is O=C(O)[C@@H](CC1CCC1)N1CC(c2cccc(F)c2)[C@@H](CN2CCC(c3csc(-c4ccccc4)n3)CC2)C1. The third-order valence-electron chi connectivity index (χ3n) is 9.29. The largest absolute Gasteiger partial charge is 0.480 e. The van der Waals surface area contributed by atoms with Gasteiger partial charge < -0.3 is 10.0 Å². The number of benzene rings is 2. The fraction of sp³-hybridized carbons (Fsp3) is 0.500. The molecule has 2 saturated heterocycles. The lowest BCUT2D eigenvalue weighted by molar-refractivity contribution is -0.144. The number of halogens is 1. The van der Waals surface area contributed by atoms with E-state index >= 15 is 0 Å². The molecule has 5 nitrogen and oxygen atoms in total. The molecule has 3 aromatic rings. The zero-order chi connectivity index (χ0) is 26.8. The van der Waals surface area contributed by atoms with Crippen LogP contribution >= 0.6 is 11.3 Å². The van der Waals surface area contributed by atoms with Gasteiger partial charge in [0.05, 0.1) is 5.69 Å². The van der Waals surface area contributed by atoms with Crippen LogP contribution in [0.4, 0.5) is 4.39 Å². The number of hydrogen-bond donors (Lipinski definition) is 1. The molecule has 3 atom stereocenters. The Morgan fingerprint density at radius 1 is 1.05 bits per heavy atom. The summed E-state index contributed by atoms with van der Waals surface area (Å²) in [5.74, 6) is 0.523. The van der Waals surface area contributed by atoms with Crippen LogP contribution in [-0.4, -0.2) is 64.6 Å². The molecule has 1 aromatic heterocycles. The summed E-state index contributed by atoms with van der Waals surface area (Å²) in [4.78, 5) is 22.0. The number of carbonyl (C=O) groups is 1. The van der Waals surface area contributed by atoms with Crippen molar-refractivity contribution in [2.24, 2.45) is 11.8 Å². The summed E-state index contributed by atoms with van der Waals surface area (Å²) >= 11 is 1.73. The minimum atomic E-state index is -0.709. The Hall–Kier alpha value is -2.61. The van der Waals surface area contributed by atoms with Crippen molar-refractivity contribution in [2.45, 2.75) is 56.4 Å². The number of likely N-dealkylation sites (tertiary alicyclic amines) is 2. The number of carboxylic acid groups (broad SMARTS) is 1. The minimum Gasteiger partial charge on any atom is -0.480 e. The first-order valence-electron chi connectivity index (χ1n) is 14.5.